The van der Waals surface area contributed by atoms with E-state index in [4.69, 9.17) is 0 Å². The van der Waals surface area contributed by atoms with E-state index in [1.54, 1.807) is 0 Å². The van der Waals surface area contributed by atoms with Crippen LogP contribution in [0, 0.1) is 0 Å². The highest BCUT2D eigenvalue weighted by Crippen LogP contribution is 2.28. The van der Waals surface area contributed by atoms with Gasteiger partial charge in [0.05, 0.1) is 0 Å². The van der Waals surface area contributed by atoms with Gasteiger partial charge >= 0.3 is 0 Å². The first kappa shape index (κ1) is 9.97. The Labute approximate surface area is 86.1 Å². The highest BCUT2D eigenvalue weighted by molar-refractivity contribution is 5.76. The van der Waals surface area contributed by atoms with Crippen LogP contribution in [0.4, 0.5) is 0 Å². The Morgan fingerprint density at radius 2 is 1.86 bits per heavy atom. The smallest absolute Gasteiger partial charge is 0.222 e. The quantitative estimate of drug-likeness (QED) is 0.627. The Hall–Kier alpha value is -0.570. The first-order valence-corrected chi connectivity index (χ1v) is 5.72. The van der Waals surface area contributed by atoms with E-state index in [-0.39, 0.29) is 0 Å². The summed E-state index contributed by atoms with van der Waals surface area (Å²) in [4.78, 5) is 16.3. The molecule has 0 aliphatic carbocycles. The molecule has 2 saturated heterocycles. The van der Waals surface area contributed by atoms with Crippen molar-refractivity contribution in [3.63, 3.8) is 0 Å². The van der Waals surface area contributed by atoms with Gasteiger partial charge in [-0.25, -0.2) is 0 Å². The van der Waals surface area contributed by atoms with Crippen LogP contribution in [-0.2, 0) is 4.79 Å². The number of hydrogen-bond acceptors (Lipinski definition) is 2. The largest absolute Gasteiger partial charge is 0.334 e. The summed E-state index contributed by atoms with van der Waals surface area (Å²) in [6.07, 6.45) is 4.37. The molecule has 2 atom stereocenters. The molecule has 2 unspecified atom stereocenters. The van der Waals surface area contributed by atoms with Gasteiger partial charge in [0.1, 0.15) is 0 Å². The summed E-state index contributed by atoms with van der Waals surface area (Å²) in [5.41, 5.74) is 0. The van der Waals surface area contributed by atoms with E-state index < -0.39 is 0 Å². The summed E-state index contributed by atoms with van der Waals surface area (Å²) in [7, 11) is 2.17. The Morgan fingerprint density at radius 1 is 1.29 bits per heavy atom. The lowest BCUT2D eigenvalue weighted by Gasteiger charge is -2.49. The fraction of sp³-hybridized carbons (Fsp3) is 0.909. The second-order valence-electron chi connectivity index (χ2n) is 4.61. The SMILES string of the molecule is CCC(=O)N1C2CCCC1CN(C)C2. The second kappa shape index (κ2) is 3.89. The monoisotopic (exact) mass is 196 g/mol. The van der Waals surface area contributed by atoms with Crippen molar-refractivity contribution in [2.24, 2.45) is 0 Å². The molecule has 0 radical (unpaired) electrons. The number of likely N-dealkylation sites (N-methyl/N-ethyl adjacent to an activating group) is 1. The summed E-state index contributed by atoms with van der Waals surface area (Å²) in [6.45, 7) is 4.11. The van der Waals surface area contributed by atoms with Crippen LogP contribution in [0.15, 0.2) is 0 Å². The fourth-order valence-corrected chi connectivity index (χ4v) is 2.91. The first-order chi connectivity index (χ1) is 6.72. The average Bonchev–Trinajstić information content (AvgIpc) is 2.15. The minimum absolute atomic E-state index is 0.354. The summed E-state index contributed by atoms with van der Waals surface area (Å²) >= 11 is 0. The van der Waals surface area contributed by atoms with E-state index in [1.165, 1.54) is 19.3 Å². The van der Waals surface area contributed by atoms with Crippen LogP contribution < -0.4 is 0 Å². The van der Waals surface area contributed by atoms with Crippen molar-refractivity contribution in [1.82, 2.24) is 9.80 Å². The molecule has 0 N–H and O–H groups in total. The molecule has 0 aromatic rings. The summed E-state index contributed by atoms with van der Waals surface area (Å²) in [5.74, 6) is 0.354. The van der Waals surface area contributed by atoms with Crippen LogP contribution in [0.3, 0.4) is 0 Å². The van der Waals surface area contributed by atoms with E-state index in [2.05, 4.69) is 16.8 Å². The molecule has 2 bridgehead atoms. The lowest BCUT2D eigenvalue weighted by molar-refractivity contribution is -0.142. The summed E-state index contributed by atoms with van der Waals surface area (Å²) in [6, 6.07) is 1.000. The zero-order valence-electron chi connectivity index (χ0n) is 9.20. The van der Waals surface area contributed by atoms with Crippen LogP contribution in [0.1, 0.15) is 32.6 Å². The molecule has 2 fully saturated rings. The van der Waals surface area contributed by atoms with Crippen LogP contribution >= 0.6 is 0 Å². The fourth-order valence-electron chi connectivity index (χ4n) is 2.91. The number of rotatable bonds is 1. The van der Waals surface area contributed by atoms with Crippen molar-refractivity contribution < 1.29 is 4.79 Å². The Bertz CT molecular complexity index is 215. The van der Waals surface area contributed by atoms with Gasteiger partial charge in [-0.2, -0.15) is 0 Å². The number of amides is 1. The summed E-state index contributed by atoms with van der Waals surface area (Å²) in [5, 5.41) is 0. The molecule has 2 aliphatic heterocycles. The molecular weight excluding hydrogens is 176 g/mol. The first-order valence-electron chi connectivity index (χ1n) is 5.72. The molecule has 1 amide bonds. The maximum atomic E-state index is 11.8. The second-order valence-corrected chi connectivity index (χ2v) is 4.61. The van der Waals surface area contributed by atoms with Gasteiger partial charge in [0.25, 0.3) is 0 Å². The van der Waals surface area contributed by atoms with Gasteiger partial charge in [0.15, 0.2) is 0 Å². The van der Waals surface area contributed by atoms with Crippen molar-refractivity contribution in [1.29, 1.82) is 0 Å². The Kier molecular flexibility index (Phi) is 2.77. The number of piperazine rings is 1. The van der Waals surface area contributed by atoms with E-state index in [9.17, 15) is 4.79 Å². The standard InChI is InChI=1S/C11H20N2O/c1-3-11(14)13-9-5-4-6-10(13)8-12(2)7-9/h9-10H,3-8H2,1-2H3. The molecule has 0 saturated carbocycles. The maximum Gasteiger partial charge on any atom is 0.222 e. The van der Waals surface area contributed by atoms with Gasteiger partial charge in [0.2, 0.25) is 5.91 Å². The highest BCUT2D eigenvalue weighted by atomic mass is 16.2. The van der Waals surface area contributed by atoms with E-state index in [0.29, 0.717) is 24.4 Å². The molecule has 0 aromatic heterocycles. The number of likely N-dealkylation sites (tertiary alicyclic amines) is 1. The van der Waals surface area contributed by atoms with Gasteiger partial charge in [-0.1, -0.05) is 6.92 Å². The third-order valence-corrected chi connectivity index (χ3v) is 3.50. The number of carbonyl (C=O) groups is 1. The molecule has 0 spiro atoms. The molecule has 14 heavy (non-hydrogen) atoms. The van der Waals surface area contributed by atoms with Crippen molar-refractivity contribution in [3.8, 4) is 0 Å². The minimum atomic E-state index is 0.354. The maximum absolute atomic E-state index is 11.8. The number of nitrogens with zero attached hydrogens (tertiary/aromatic N) is 2. The van der Waals surface area contributed by atoms with Crippen molar-refractivity contribution in [2.45, 2.75) is 44.7 Å². The van der Waals surface area contributed by atoms with Gasteiger partial charge < -0.3 is 9.80 Å². The zero-order chi connectivity index (χ0) is 10.1. The predicted octanol–water partition coefficient (Wildman–Crippen LogP) is 1.09. The van der Waals surface area contributed by atoms with E-state index >= 15 is 0 Å². The lowest BCUT2D eigenvalue weighted by atomic mass is 9.91. The molecule has 0 aromatic carbocycles. The number of carbonyl (C=O) groups excluding carboxylic acids is 1. The topological polar surface area (TPSA) is 23.6 Å². The number of piperidine rings is 1. The molecule has 3 heteroatoms. The van der Waals surface area contributed by atoms with Gasteiger partial charge in [-0.15, -0.1) is 0 Å². The minimum Gasteiger partial charge on any atom is -0.334 e. The molecule has 2 rings (SSSR count). The highest BCUT2D eigenvalue weighted by Gasteiger charge is 2.37. The van der Waals surface area contributed by atoms with Gasteiger partial charge in [-0.3, -0.25) is 4.79 Å². The number of fused-ring (bicyclic) bond motifs is 2. The van der Waals surface area contributed by atoms with Crippen LogP contribution in [-0.4, -0.2) is 47.9 Å². The van der Waals surface area contributed by atoms with E-state index in [0.717, 1.165) is 13.1 Å². The predicted molar refractivity (Wildman–Crippen MR) is 56.1 cm³/mol. The van der Waals surface area contributed by atoms with Gasteiger partial charge in [0, 0.05) is 31.6 Å². The third kappa shape index (κ3) is 1.65. The normalized spacial score (nSPS) is 33.1. The Morgan fingerprint density at radius 3 is 2.36 bits per heavy atom. The lowest BCUT2D eigenvalue weighted by Crippen LogP contribution is -2.61. The Balaban J connectivity index is 2.12. The molecular formula is C11H20N2O. The third-order valence-electron chi connectivity index (χ3n) is 3.50. The average molecular weight is 196 g/mol. The van der Waals surface area contributed by atoms with Crippen molar-refractivity contribution in [2.75, 3.05) is 20.1 Å². The number of hydrogen-bond donors (Lipinski definition) is 0. The van der Waals surface area contributed by atoms with Crippen LogP contribution in [0.25, 0.3) is 0 Å². The molecule has 80 valence electrons. The van der Waals surface area contributed by atoms with Crippen LogP contribution in [0.5, 0.6) is 0 Å². The van der Waals surface area contributed by atoms with E-state index in [1.807, 2.05) is 6.92 Å². The molecule has 2 aliphatic rings. The molecule has 2 heterocycles. The zero-order valence-corrected chi connectivity index (χ0v) is 9.20. The molecule has 3 nitrogen and oxygen atoms in total. The summed E-state index contributed by atoms with van der Waals surface area (Å²) < 4.78 is 0. The van der Waals surface area contributed by atoms with Gasteiger partial charge in [-0.05, 0) is 26.3 Å². The van der Waals surface area contributed by atoms with Crippen molar-refractivity contribution in [3.05, 3.63) is 0 Å². The van der Waals surface area contributed by atoms with Crippen LogP contribution in [0.2, 0.25) is 0 Å². The van der Waals surface area contributed by atoms with Crippen molar-refractivity contribution >= 4 is 5.91 Å².